The van der Waals surface area contributed by atoms with Crippen LogP contribution in [0, 0.1) is 5.92 Å². The fourth-order valence-corrected chi connectivity index (χ4v) is 2.76. The Morgan fingerprint density at radius 1 is 1.29 bits per heavy atom. The lowest BCUT2D eigenvalue weighted by molar-refractivity contribution is 0.134. The first kappa shape index (κ1) is 12.9. The number of nitrogens with two attached hydrogens (primary N) is 1. The second-order valence-electron chi connectivity index (χ2n) is 4.96. The first-order valence-corrected chi connectivity index (χ1v) is 7.13. The predicted octanol–water partition coefficient (Wildman–Crippen LogP) is 3.87. The number of rotatable bonds is 3. The van der Waals surface area contributed by atoms with Crippen LogP contribution in [0.4, 0.5) is 0 Å². The normalized spacial score (nSPS) is 24.6. The Bertz CT molecular complexity index is 372. The maximum Gasteiger partial charge on any atom is 0.124 e. The van der Waals surface area contributed by atoms with Gasteiger partial charge < -0.3 is 10.5 Å². The topological polar surface area (TPSA) is 35.2 Å². The van der Waals surface area contributed by atoms with Gasteiger partial charge in [-0.1, -0.05) is 22.9 Å². The van der Waals surface area contributed by atoms with Gasteiger partial charge in [0.15, 0.2) is 0 Å². The zero-order chi connectivity index (χ0) is 12.3. The van der Waals surface area contributed by atoms with E-state index >= 15 is 0 Å². The number of hydrogen-bond donors (Lipinski definition) is 1. The summed E-state index contributed by atoms with van der Waals surface area (Å²) in [6, 6.07) is 6.07. The van der Waals surface area contributed by atoms with Gasteiger partial charge in [-0.05, 0) is 49.8 Å². The molecule has 0 aromatic heterocycles. The Hall–Kier alpha value is -0.540. The molecule has 2 rings (SSSR count). The van der Waals surface area contributed by atoms with Crippen molar-refractivity contribution >= 4 is 15.9 Å². The summed E-state index contributed by atoms with van der Waals surface area (Å²) in [5, 5.41) is 0. The van der Waals surface area contributed by atoms with Gasteiger partial charge in [0, 0.05) is 16.6 Å². The first-order chi connectivity index (χ1) is 8.19. The molecule has 0 aliphatic heterocycles. The zero-order valence-corrected chi connectivity index (χ0v) is 11.9. The van der Waals surface area contributed by atoms with E-state index in [4.69, 9.17) is 10.5 Å². The van der Waals surface area contributed by atoms with Crippen LogP contribution in [0.1, 0.15) is 38.2 Å². The summed E-state index contributed by atoms with van der Waals surface area (Å²) in [7, 11) is 0. The molecule has 0 bridgehead atoms. The Morgan fingerprint density at radius 3 is 2.65 bits per heavy atom. The smallest absolute Gasteiger partial charge is 0.124 e. The van der Waals surface area contributed by atoms with Crippen LogP contribution in [0.15, 0.2) is 22.7 Å². The molecule has 1 aromatic rings. The lowest BCUT2D eigenvalue weighted by Crippen LogP contribution is -2.23. The molecule has 17 heavy (non-hydrogen) atoms. The molecule has 94 valence electrons. The van der Waals surface area contributed by atoms with Crippen molar-refractivity contribution in [3.63, 3.8) is 0 Å². The van der Waals surface area contributed by atoms with Gasteiger partial charge in [-0.2, -0.15) is 0 Å². The highest BCUT2D eigenvalue weighted by Crippen LogP contribution is 2.29. The number of benzene rings is 1. The predicted molar refractivity (Wildman–Crippen MR) is 74.1 cm³/mol. The van der Waals surface area contributed by atoms with Crippen molar-refractivity contribution in [2.45, 2.75) is 45.3 Å². The molecule has 0 unspecified atom stereocenters. The van der Waals surface area contributed by atoms with Crippen LogP contribution in [-0.4, -0.2) is 6.10 Å². The Morgan fingerprint density at radius 2 is 2.00 bits per heavy atom. The molecular formula is C14H20BrNO. The van der Waals surface area contributed by atoms with Gasteiger partial charge in [-0.3, -0.25) is 0 Å². The maximum absolute atomic E-state index is 6.08. The third kappa shape index (κ3) is 3.46. The molecule has 3 heteroatoms. The highest BCUT2D eigenvalue weighted by atomic mass is 79.9. The minimum atomic E-state index is 0.373. The highest BCUT2D eigenvalue weighted by Gasteiger charge is 2.20. The Balaban J connectivity index is 2.03. The van der Waals surface area contributed by atoms with Gasteiger partial charge >= 0.3 is 0 Å². The molecule has 1 aromatic carbocycles. The van der Waals surface area contributed by atoms with Gasteiger partial charge in [-0.25, -0.2) is 0 Å². The lowest BCUT2D eigenvalue weighted by atomic mass is 9.89. The van der Waals surface area contributed by atoms with Gasteiger partial charge in [0.25, 0.3) is 0 Å². The van der Waals surface area contributed by atoms with Crippen molar-refractivity contribution < 1.29 is 4.74 Å². The average molecular weight is 298 g/mol. The number of hydrogen-bond acceptors (Lipinski definition) is 2. The van der Waals surface area contributed by atoms with E-state index in [1.807, 2.05) is 18.2 Å². The van der Waals surface area contributed by atoms with Gasteiger partial charge in [0.1, 0.15) is 5.75 Å². The van der Waals surface area contributed by atoms with Crippen LogP contribution < -0.4 is 10.5 Å². The van der Waals surface area contributed by atoms with Gasteiger partial charge in [0.2, 0.25) is 0 Å². The fourth-order valence-electron chi connectivity index (χ4n) is 2.35. The number of halogens is 1. The van der Waals surface area contributed by atoms with E-state index in [-0.39, 0.29) is 0 Å². The second kappa shape index (κ2) is 5.87. The Kier molecular flexibility index (Phi) is 4.46. The third-order valence-electron chi connectivity index (χ3n) is 3.50. The van der Waals surface area contributed by atoms with E-state index in [9.17, 15) is 0 Å². The summed E-state index contributed by atoms with van der Waals surface area (Å²) in [5.74, 6) is 1.81. The van der Waals surface area contributed by atoms with Crippen LogP contribution in [0.2, 0.25) is 0 Å². The molecule has 1 aliphatic rings. The van der Waals surface area contributed by atoms with Crippen molar-refractivity contribution in [1.82, 2.24) is 0 Å². The average Bonchev–Trinajstić information content (AvgIpc) is 2.34. The maximum atomic E-state index is 6.08. The summed E-state index contributed by atoms with van der Waals surface area (Å²) in [5.41, 5.74) is 6.83. The molecule has 1 saturated carbocycles. The van der Waals surface area contributed by atoms with Crippen LogP contribution >= 0.6 is 15.9 Å². The summed E-state index contributed by atoms with van der Waals surface area (Å²) in [6.45, 7) is 2.85. The van der Waals surface area contributed by atoms with Crippen LogP contribution in [0.5, 0.6) is 5.75 Å². The van der Waals surface area contributed by atoms with Crippen molar-refractivity contribution in [1.29, 1.82) is 0 Å². The third-order valence-corrected chi connectivity index (χ3v) is 3.99. The molecule has 0 saturated heterocycles. The van der Waals surface area contributed by atoms with E-state index in [1.165, 1.54) is 25.7 Å². The summed E-state index contributed by atoms with van der Waals surface area (Å²) < 4.78 is 7.14. The first-order valence-electron chi connectivity index (χ1n) is 6.34. The van der Waals surface area contributed by atoms with E-state index in [0.717, 1.165) is 21.7 Å². The van der Waals surface area contributed by atoms with Gasteiger partial charge in [-0.15, -0.1) is 0 Å². The molecule has 0 spiro atoms. The fraction of sp³-hybridized carbons (Fsp3) is 0.571. The van der Waals surface area contributed by atoms with Crippen molar-refractivity contribution in [3.8, 4) is 5.75 Å². The van der Waals surface area contributed by atoms with Crippen molar-refractivity contribution in [2.24, 2.45) is 11.7 Å². The lowest BCUT2D eigenvalue weighted by Gasteiger charge is -2.27. The van der Waals surface area contributed by atoms with Crippen LogP contribution in [0.3, 0.4) is 0 Å². The molecular weight excluding hydrogens is 278 g/mol. The van der Waals surface area contributed by atoms with E-state index in [1.54, 1.807) is 0 Å². The zero-order valence-electron chi connectivity index (χ0n) is 10.3. The minimum Gasteiger partial charge on any atom is -0.490 e. The monoisotopic (exact) mass is 297 g/mol. The highest BCUT2D eigenvalue weighted by molar-refractivity contribution is 9.10. The SMILES string of the molecule is CC1CCC(Oc2ccc(Br)cc2CN)CC1. The summed E-state index contributed by atoms with van der Waals surface area (Å²) >= 11 is 3.46. The van der Waals surface area contributed by atoms with Crippen molar-refractivity contribution in [3.05, 3.63) is 28.2 Å². The number of ether oxygens (including phenoxy) is 1. The molecule has 1 aliphatic carbocycles. The van der Waals surface area contributed by atoms with Crippen molar-refractivity contribution in [2.75, 3.05) is 0 Å². The molecule has 0 amide bonds. The molecule has 0 heterocycles. The van der Waals surface area contributed by atoms with Gasteiger partial charge in [0.05, 0.1) is 6.10 Å². The molecule has 1 fully saturated rings. The van der Waals surface area contributed by atoms with E-state index in [2.05, 4.69) is 22.9 Å². The molecule has 2 nitrogen and oxygen atoms in total. The standard InChI is InChI=1S/C14H20BrNO/c1-10-2-5-13(6-3-10)17-14-7-4-12(15)8-11(14)9-16/h4,7-8,10,13H,2-3,5-6,9,16H2,1H3. The molecule has 0 atom stereocenters. The summed E-state index contributed by atoms with van der Waals surface area (Å²) in [4.78, 5) is 0. The summed E-state index contributed by atoms with van der Waals surface area (Å²) in [6.07, 6.45) is 5.26. The second-order valence-corrected chi connectivity index (χ2v) is 5.87. The molecule has 2 N–H and O–H groups in total. The largest absolute Gasteiger partial charge is 0.490 e. The van der Waals surface area contributed by atoms with E-state index in [0.29, 0.717) is 12.6 Å². The Labute approximate surface area is 112 Å². The van der Waals surface area contributed by atoms with Crippen LogP contribution in [0.25, 0.3) is 0 Å². The molecule has 0 radical (unpaired) electrons. The quantitative estimate of drug-likeness (QED) is 0.919. The van der Waals surface area contributed by atoms with Crippen LogP contribution in [-0.2, 0) is 6.54 Å². The minimum absolute atomic E-state index is 0.373. The van der Waals surface area contributed by atoms with E-state index < -0.39 is 0 Å².